The molecule has 0 fully saturated rings. The Bertz CT molecular complexity index is 810. The number of furan rings is 1. The second-order valence-corrected chi connectivity index (χ2v) is 5.96. The number of amides is 1. The van der Waals surface area contributed by atoms with Crippen molar-refractivity contribution in [1.82, 2.24) is 15.3 Å². The predicted octanol–water partition coefficient (Wildman–Crippen LogP) is 3.87. The number of carbonyl (C=O) groups excluding carboxylic acids is 1. The minimum Gasteiger partial charge on any atom is -0.467 e. The van der Waals surface area contributed by atoms with Crippen LogP contribution in [0.15, 0.2) is 59.5 Å². The summed E-state index contributed by atoms with van der Waals surface area (Å²) < 4.78 is 5.17. The van der Waals surface area contributed by atoms with Crippen LogP contribution in [0.2, 0.25) is 0 Å². The summed E-state index contributed by atoms with van der Waals surface area (Å²) in [6.07, 6.45) is 4.56. The van der Waals surface area contributed by atoms with Crippen molar-refractivity contribution >= 4 is 17.5 Å². The number of carbonyl (C=O) groups is 1. The second kappa shape index (κ2) is 7.61. The van der Waals surface area contributed by atoms with Crippen LogP contribution in [0.1, 0.15) is 41.4 Å². The van der Waals surface area contributed by atoms with Gasteiger partial charge in [0.2, 0.25) is 5.95 Å². The Kier molecular flexibility index (Phi) is 5.09. The lowest BCUT2D eigenvalue weighted by Gasteiger charge is -2.08. The maximum absolute atomic E-state index is 12.1. The maximum atomic E-state index is 12.1. The van der Waals surface area contributed by atoms with Crippen molar-refractivity contribution in [3.8, 4) is 0 Å². The van der Waals surface area contributed by atoms with E-state index in [4.69, 9.17) is 4.42 Å². The quantitative estimate of drug-likeness (QED) is 0.714. The molecule has 0 aliphatic rings. The van der Waals surface area contributed by atoms with Crippen LogP contribution in [0, 0.1) is 0 Å². The highest BCUT2D eigenvalue weighted by Crippen LogP contribution is 2.18. The average molecular weight is 336 g/mol. The normalized spacial score (nSPS) is 10.7. The molecule has 0 spiro atoms. The minimum absolute atomic E-state index is 0.246. The van der Waals surface area contributed by atoms with Gasteiger partial charge in [0.15, 0.2) is 0 Å². The topological polar surface area (TPSA) is 80.0 Å². The Morgan fingerprint density at radius 1 is 1.12 bits per heavy atom. The first-order valence-electron chi connectivity index (χ1n) is 8.11. The third-order valence-corrected chi connectivity index (χ3v) is 3.75. The van der Waals surface area contributed by atoms with Crippen molar-refractivity contribution in [2.75, 3.05) is 5.32 Å². The predicted molar refractivity (Wildman–Crippen MR) is 95.7 cm³/mol. The molecule has 0 saturated carbocycles. The molecule has 0 bridgehead atoms. The number of nitrogens with zero attached hydrogens (tertiary/aromatic N) is 2. The molecule has 128 valence electrons. The highest BCUT2D eigenvalue weighted by molar-refractivity contribution is 5.93. The van der Waals surface area contributed by atoms with Gasteiger partial charge in [0.05, 0.1) is 18.4 Å². The van der Waals surface area contributed by atoms with Gasteiger partial charge >= 0.3 is 0 Å². The molecule has 0 saturated heterocycles. The average Bonchev–Trinajstić information content (AvgIpc) is 3.14. The standard InChI is InChI=1S/C19H20N4O2/c1-13(2)14-5-7-16(8-6-14)23-19-21-10-15(11-22-19)18(24)20-12-17-4-3-9-25-17/h3-11,13H,12H2,1-2H3,(H,20,24)(H,21,22,23). The lowest BCUT2D eigenvalue weighted by Crippen LogP contribution is -2.22. The maximum Gasteiger partial charge on any atom is 0.254 e. The molecule has 2 N–H and O–H groups in total. The first-order chi connectivity index (χ1) is 12.1. The minimum atomic E-state index is -0.246. The van der Waals surface area contributed by atoms with Gasteiger partial charge in [0.25, 0.3) is 5.91 Å². The monoisotopic (exact) mass is 336 g/mol. The van der Waals surface area contributed by atoms with Gasteiger partial charge in [-0.25, -0.2) is 9.97 Å². The molecule has 25 heavy (non-hydrogen) atoms. The largest absolute Gasteiger partial charge is 0.467 e. The van der Waals surface area contributed by atoms with E-state index in [1.165, 1.54) is 18.0 Å². The molecular formula is C19H20N4O2. The Morgan fingerprint density at radius 2 is 1.84 bits per heavy atom. The summed E-state index contributed by atoms with van der Waals surface area (Å²) >= 11 is 0. The number of benzene rings is 1. The fourth-order valence-corrected chi connectivity index (χ4v) is 2.27. The van der Waals surface area contributed by atoms with Gasteiger partial charge in [-0.15, -0.1) is 0 Å². The van der Waals surface area contributed by atoms with E-state index in [9.17, 15) is 4.79 Å². The Labute approximate surface area is 146 Å². The number of rotatable bonds is 6. The highest BCUT2D eigenvalue weighted by atomic mass is 16.3. The molecular weight excluding hydrogens is 316 g/mol. The van der Waals surface area contributed by atoms with Gasteiger partial charge in [0.1, 0.15) is 5.76 Å². The van der Waals surface area contributed by atoms with Crippen LogP contribution in [0.4, 0.5) is 11.6 Å². The highest BCUT2D eigenvalue weighted by Gasteiger charge is 2.08. The van der Waals surface area contributed by atoms with Crippen LogP contribution in [0.25, 0.3) is 0 Å². The lowest BCUT2D eigenvalue weighted by atomic mass is 10.0. The summed E-state index contributed by atoms with van der Waals surface area (Å²) in [6, 6.07) is 11.7. The summed E-state index contributed by atoms with van der Waals surface area (Å²) in [7, 11) is 0. The van der Waals surface area contributed by atoms with Crippen LogP contribution in [0.5, 0.6) is 0 Å². The summed E-state index contributed by atoms with van der Waals surface area (Å²) in [5.41, 5.74) is 2.57. The zero-order valence-corrected chi connectivity index (χ0v) is 14.2. The van der Waals surface area contributed by atoms with E-state index in [-0.39, 0.29) is 5.91 Å². The van der Waals surface area contributed by atoms with E-state index in [1.54, 1.807) is 18.4 Å². The van der Waals surface area contributed by atoms with Gasteiger partial charge < -0.3 is 15.1 Å². The SMILES string of the molecule is CC(C)c1ccc(Nc2ncc(C(=O)NCc3ccco3)cn2)cc1. The summed E-state index contributed by atoms with van der Waals surface area (Å²) in [5, 5.41) is 5.88. The Balaban J connectivity index is 1.58. The van der Waals surface area contributed by atoms with Gasteiger partial charge in [-0.2, -0.15) is 0 Å². The van der Waals surface area contributed by atoms with Crippen molar-refractivity contribution in [3.63, 3.8) is 0 Å². The van der Waals surface area contributed by atoms with Crippen LogP contribution in [0.3, 0.4) is 0 Å². The molecule has 0 aliphatic heterocycles. The van der Waals surface area contributed by atoms with Gasteiger partial charge in [-0.3, -0.25) is 4.79 Å². The van der Waals surface area contributed by atoms with Gasteiger partial charge in [-0.1, -0.05) is 26.0 Å². The summed E-state index contributed by atoms with van der Waals surface area (Å²) in [6.45, 7) is 4.64. The van der Waals surface area contributed by atoms with Crippen molar-refractivity contribution < 1.29 is 9.21 Å². The number of hydrogen-bond donors (Lipinski definition) is 2. The third-order valence-electron chi connectivity index (χ3n) is 3.75. The summed E-state index contributed by atoms with van der Waals surface area (Å²) in [5.74, 6) is 1.38. The Morgan fingerprint density at radius 3 is 2.44 bits per heavy atom. The van der Waals surface area contributed by atoms with E-state index >= 15 is 0 Å². The lowest BCUT2D eigenvalue weighted by molar-refractivity contribution is 0.0947. The molecule has 1 amide bonds. The van der Waals surface area contributed by atoms with E-state index in [0.717, 1.165) is 5.69 Å². The first-order valence-corrected chi connectivity index (χ1v) is 8.11. The van der Waals surface area contributed by atoms with Gasteiger partial charge in [0, 0.05) is 18.1 Å². The molecule has 3 rings (SSSR count). The molecule has 6 heteroatoms. The number of anilines is 2. The van der Waals surface area contributed by atoms with E-state index in [0.29, 0.717) is 29.7 Å². The molecule has 2 aromatic heterocycles. The zero-order chi connectivity index (χ0) is 17.6. The molecule has 3 aromatic rings. The van der Waals surface area contributed by atoms with Crippen LogP contribution in [-0.2, 0) is 6.54 Å². The Hall–Kier alpha value is -3.15. The second-order valence-electron chi connectivity index (χ2n) is 5.96. The third kappa shape index (κ3) is 4.44. The zero-order valence-electron chi connectivity index (χ0n) is 14.2. The smallest absolute Gasteiger partial charge is 0.254 e. The molecule has 0 atom stereocenters. The van der Waals surface area contributed by atoms with Crippen LogP contribution >= 0.6 is 0 Å². The fraction of sp³-hybridized carbons (Fsp3) is 0.211. The number of hydrogen-bond acceptors (Lipinski definition) is 5. The van der Waals surface area contributed by atoms with E-state index < -0.39 is 0 Å². The van der Waals surface area contributed by atoms with Crippen molar-refractivity contribution in [2.45, 2.75) is 26.3 Å². The number of nitrogens with one attached hydrogen (secondary N) is 2. The molecule has 0 aliphatic carbocycles. The first kappa shape index (κ1) is 16.7. The molecule has 6 nitrogen and oxygen atoms in total. The molecule has 0 unspecified atom stereocenters. The number of aromatic nitrogens is 2. The van der Waals surface area contributed by atoms with Crippen molar-refractivity contribution in [1.29, 1.82) is 0 Å². The van der Waals surface area contributed by atoms with Crippen LogP contribution in [-0.4, -0.2) is 15.9 Å². The van der Waals surface area contributed by atoms with E-state index in [1.807, 2.05) is 12.1 Å². The van der Waals surface area contributed by atoms with Crippen molar-refractivity contribution in [2.24, 2.45) is 0 Å². The summed E-state index contributed by atoms with van der Waals surface area (Å²) in [4.78, 5) is 20.4. The fourth-order valence-electron chi connectivity index (χ4n) is 2.27. The molecule has 2 heterocycles. The molecule has 0 radical (unpaired) electrons. The van der Waals surface area contributed by atoms with E-state index in [2.05, 4.69) is 46.6 Å². The van der Waals surface area contributed by atoms with Crippen molar-refractivity contribution in [3.05, 3.63) is 71.9 Å². The van der Waals surface area contributed by atoms with Gasteiger partial charge in [-0.05, 0) is 35.7 Å². The van der Waals surface area contributed by atoms with Crippen LogP contribution < -0.4 is 10.6 Å². The molecule has 1 aromatic carbocycles.